The van der Waals surface area contributed by atoms with E-state index in [1.54, 1.807) is 19.1 Å². The minimum atomic E-state index is -0.635. The van der Waals surface area contributed by atoms with Gasteiger partial charge in [0.05, 0.1) is 25.0 Å². The van der Waals surface area contributed by atoms with Crippen molar-refractivity contribution in [3.8, 4) is 11.8 Å². The van der Waals surface area contributed by atoms with Crippen LogP contribution in [0.15, 0.2) is 24.3 Å². The average molecular weight is 305 g/mol. The van der Waals surface area contributed by atoms with Crippen LogP contribution in [0.25, 0.3) is 0 Å². The molecular weight excluding hydrogens is 286 g/mol. The van der Waals surface area contributed by atoms with E-state index in [4.69, 9.17) is 10.00 Å². The second-order valence-electron chi connectivity index (χ2n) is 4.44. The number of phenolic OH excluding ortho intramolecular Hbond substituents is 1. The zero-order valence-corrected chi connectivity index (χ0v) is 12.3. The third-order valence-electron chi connectivity index (χ3n) is 2.87. The van der Waals surface area contributed by atoms with Gasteiger partial charge in [-0.2, -0.15) is 5.26 Å². The second-order valence-corrected chi connectivity index (χ2v) is 4.44. The Labute approximate surface area is 128 Å². The van der Waals surface area contributed by atoms with Crippen molar-refractivity contribution >= 4 is 12.0 Å². The van der Waals surface area contributed by atoms with Crippen LogP contribution >= 0.6 is 0 Å². The van der Waals surface area contributed by atoms with Crippen molar-refractivity contribution in [2.24, 2.45) is 0 Å². The normalized spacial score (nSPS) is 11.1. The molecule has 22 heavy (non-hydrogen) atoms. The van der Waals surface area contributed by atoms with E-state index < -0.39 is 12.0 Å². The maximum absolute atomic E-state index is 12.2. The molecule has 0 fully saturated rings. The number of hydrogen-bond acceptors (Lipinski definition) is 5. The van der Waals surface area contributed by atoms with Gasteiger partial charge in [0.1, 0.15) is 5.75 Å². The number of nitriles is 1. The molecule has 0 radical (unpaired) electrons. The molecule has 0 heterocycles. The molecule has 1 atom stereocenters. The van der Waals surface area contributed by atoms with E-state index in [0.717, 1.165) is 0 Å². The smallest absolute Gasteiger partial charge is 0.407 e. The van der Waals surface area contributed by atoms with Crippen LogP contribution in [0.4, 0.5) is 4.79 Å². The van der Waals surface area contributed by atoms with E-state index in [-0.39, 0.29) is 37.8 Å². The predicted molar refractivity (Wildman–Crippen MR) is 79.1 cm³/mol. The van der Waals surface area contributed by atoms with Crippen molar-refractivity contribution in [2.45, 2.75) is 19.3 Å². The fraction of sp³-hybridized carbons (Fsp3) is 0.400. The second kappa shape index (κ2) is 9.23. The van der Waals surface area contributed by atoms with Crippen molar-refractivity contribution in [1.29, 1.82) is 5.26 Å². The zero-order chi connectivity index (χ0) is 16.4. The number of hydrogen-bond donors (Lipinski definition) is 3. The third kappa shape index (κ3) is 5.71. The Morgan fingerprint density at radius 3 is 2.59 bits per heavy atom. The van der Waals surface area contributed by atoms with Gasteiger partial charge in [0, 0.05) is 13.1 Å². The summed E-state index contributed by atoms with van der Waals surface area (Å²) < 4.78 is 4.76. The lowest BCUT2D eigenvalue weighted by Crippen LogP contribution is -2.38. The Kier molecular flexibility index (Phi) is 7.26. The number of nitrogens with zero attached hydrogens (tertiary/aromatic N) is 1. The van der Waals surface area contributed by atoms with E-state index in [1.807, 2.05) is 6.07 Å². The minimum absolute atomic E-state index is 0.0575. The lowest BCUT2D eigenvalue weighted by atomic mass is 9.98. The van der Waals surface area contributed by atoms with Crippen molar-refractivity contribution < 1.29 is 19.4 Å². The first kappa shape index (κ1) is 17.3. The fourth-order valence-electron chi connectivity index (χ4n) is 1.80. The van der Waals surface area contributed by atoms with Crippen LogP contribution in [-0.4, -0.2) is 36.8 Å². The van der Waals surface area contributed by atoms with Crippen molar-refractivity contribution in [3.05, 3.63) is 29.8 Å². The molecule has 0 aliphatic rings. The van der Waals surface area contributed by atoms with E-state index in [0.29, 0.717) is 5.56 Å². The maximum Gasteiger partial charge on any atom is 0.407 e. The van der Waals surface area contributed by atoms with Crippen LogP contribution in [0.2, 0.25) is 0 Å². The highest BCUT2D eigenvalue weighted by atomic mass is 16.5. The third-order valence-corrected chi connectivity index (χ3v) is 2.87. The highest BCUT2D eigenvalue weighted by molar-refractivity contribution is 5.84. The van der Waals surface area contributed by atoms with E-state index in [2.05, 4.69) is 10.6 Å². The van der Waals surface area contributed by atoms with Gasteiger partial charge in [-0.25, -0.2) is 4.79 Å². The molecule has 7 heteroatoms. The van der Waals surface area contributed by atoms with Crippen molar-refractivity contribution in [1.82, 2.24) is 10.6 Å². The molecule has 0 aliphatic carbocycles. The average Bonchev–Trinajstić information content (AvgIpc) is 2.50. The summed E-state index contributed by atoms with van der Waals surface area (Å²) in [7, 11) is 0. The van der Waals surface area contributed by atoms with Gasteiger partial charge in [-0.1, -0.05) is 12.1 Å². The number of rotatable bonds is 7. The Bertz CT molecular complexity index is 537. The molecule has 0 bridgehead atoms. The first-order valence-electron chi connectivity index (χ1n) is 6.92. The van der Waals surface area contributed by atoms with E-state index in [9.17, 15) is 14.7 Å². The number of phenols is 1. The standard InChI is InChI=1S/C15H19N3O4/c1-2-22-15(21)18-10-13(14(20)17-9-3-8-16)11-4-6-12(19)7-5-11/h4-7,13,19H,2-3,9-10H2,1H3,(H,17,20)(H,18,21). The van der Waals surface area contributed by atoms with Crippen LogP contribution in [0.3, 0.4) is 0 Å². The van der Waals surface area contributed by atoms with E-state index >= 15 is 0 Å². The quantitative estimate of drug-likeness (QED) is 0.656. The summed E-state index contributed by atoms with van der Waals surface area (Å²) in [5, 5.41) is 23.0. The number of nitrogens with one attached hydrogen (secondary N) is 2. The number of benzene rings is 1. The van der Waals surface area contributed by atoms with Crippen LogP contribution < -0.4 is 10.6 Å². The van der Waals surface area contributed by atoms with Gasteiger partial charge < -0.3 is 20.5 Å². The molecule has 0 saturated heterocycles. The summed E-state index contributed by atoms with van der Waals surface area (Å²) in [6.07, 6.45) is -0.393. The summed E-state index contributed by atoms with van der Waals surface area (Å²) in [5.74, 6) is -0.854. The SMILES string of the molecule is CCOC(=O)NCC(C(=O)NCCC#N)c1ccc(O)cc1. The largest absolute Gasteiger partial charge is 0.508 e. The molecule has 0 saturated carbocycles. The molecule has 1 rings (SSSR count). The summed E-state index contributed by atoms with van der Waals surface area (Å²) in [6, 6.07) is 8.09. The van der Waals surface area contributed by atoms with Crippen LogP contribution in [0, 0.1) is 11.3 Å². The number of alkyl carbamates (subject to hydrolysis) is 1. The molecular formula is C15H19N3O4. The van der Waals surface area contributed by atoms with Crippen molar-refractivity contribution in [3.63, 3.8) is 0 Å². The van der Waals surface area contributed by atoms with Gasteiger partial charge in [0.2, 0.25) is 5.91 Å². The first-order valence-corrected chi connectivity index (χ1v) is 6.92. The Hall–Kier alpha value is -2.75. The van der Waals surface area contributed by atoms with Gasteiger partial charge in [0.25, 0.3) is 0 Å². The molecule has 1 aromatic carbocycles. The summed E-state index contributed by atoms with van der Waals surface area (Å²) in [5.41, 5.74) is 0.643. The highest BCUT2D eigenvalue weighted by Gasteiger charge is 2.21. The molecule has 7 nitrogen and oxygen atoms in total. The van der Waals surface area contributed by atoms with Gasteiger partial charge in [-0.3, -0.25) is 4.79 Å². The molecule has 1 aromatic rings. The van der Waals surface area contributed by atoms with Gasteiger partial charge >= 0.3 is 6.09 Å². The summed E-state index contributed by atoms with van der Waals surface area (Å²) in [4.78, 5) is 23.6. The van der Waals surface area contributed by atoms with Crippen LogP contribution in [-0.2, 0) is 9.53 Å². The van der Waals surface area contributed by atoms with Gasteiger partial charge in [0.15, 0.2) is 0 Å². The monoisotopic (exact) mass is 305 g/mol. The van der Waals surface area contributed by atoms with Crippen molar-refractivity contribution in [2.75, 3.05) is 19.7 Å². The van der Waals surface area contributed by atoms with Gasteiger partial charge in [-0.15, -0.1) is 0 Å². The molecule has 118 valence electrons. The molecule has 2 amide bonds. The number of carbonyl (C=O) groups is 2. The first-order chi connectivity index (χ1) is 10.6. The lowest BCUT2D eigenvalue weighted by Gasteiger charge is -2.17. The summed E-state index contributed by atoms with van der Waals surface area (Å²) >= 11 is 0. The lowest BCUT2D eigenvalue weighted by molar-refractivity contribution is -0.122. The topological polar surface area (TPSA) is 111 Å². The fourth-order valence-corrected chi connectivity index (χ4v) is 1.80. The maximum atomic E-state index is 12.2. The number of carbonyl (C=O) groups excluding carboxylic acids is 2. The molecule has 1 unspecified atom stereocenters. The molecule has 0 aliphatic heterocycles. The number of ether oxygens (including phenoxy) is 1. The molecule has 0 aromatic heterocycles. The summed E-state index contributed by atoms with van der Waals surface area (Å²) in [6.45, 7) is 2.22. The Balaban J connectivity index is 2.76. The van der Waals surface area contributed by atoms with Crippen LogP contribution in [0.5, 0.6) is 5.75 Å². The zero-order valence-electron chi connectivity index (χ0n) is 12.3. The van der Waals surface area contributed by atoms with Gasteiger partial charge in [-0.05, 0) is 24.6 Å². The van der Waals surface area contributed by atoms with Crippen LogP contribution in [0.1, 0.15) is 24.8 Å². The minimum Gasteiger partial charge on any atom is -0.508 e. The Morgan fingerprint density at radius 1 is 1.32 bits per heavy atom. The molecule has 3 N–H and O–H groups in total. The Morgan fingerprint density at radius 2 is 2.00 bits per heavy atom. The number of aromatic hydroxyl groups is 1. The van der Waals surface area contributed by atoms with E-state index in [1.165, 1.54) is 12.1 Å². The molecule has 0 spiro atoms. The number of amides is 2. The predicted octanol–water partition coefficient (Wildman–Crippen LogP) is 1.25. The highest BCUT2D eigenvalue weighted by Crippen LogP contribution is 2.19.